The smallest absolute Gasteiger partial charge is 0.435 e. The van der Waals surface area contributed by atoms with Crippen LogP contribution >= 0.6 is 0 Å². The largest absolute Gasteiger partial charge is 0.465 e. The number of alkyl halides is 6. The second-order valence-electron chi connectivity index (χ2n) is 6.15. The number of ether oxygens (including phenoxy) is 1. The second-order valence-corrected chi connectivity index (χ2v) is 6.15. The van der Waals surface area contributed by atoms with Crippen LogP contribution in [0.25, 0.3) is 0 Å². The molecule has 0 bridgehead atoms. The lowest BCUT2D eigenvalue weighted by Crippen LogP contribution is -2.38. The number of carbonyl (C=O) groups excluding carboxylic acids is 2. The van der Waals surface area contributed by atoms with Gasteiger partial charge in [-0.3, -0.25) is 14.3 Å². The highest BCUT2D eigenvalue weighted by Crippen LogP contribution is 2.29. The van der Waals surface area contributed by atoms with Crippen LogP contribution < -0.4 is 0 Å². The van der Waals surface area contributed by atoms with Gasteiger partial charge in [-0.05, 0) is 30.7 Å². The van der Waals surface area contributed by atoms with Crippen LogP contribution in [-0.4, -0.2) is 39.7 Å². The first kappa shape index (κ1) is 23.2. The summed E-state index contributed by atoms with van der Waals surface area (Å²) in [7, 11) is 0. The number of halogens is 6. The summed E-state index contributed by atoms with van der Waals surface area (Å²) in [5.74, 6) is -1.53. The standard InChI is InChI=1S/C18H17F6N3O3/c1-2-30-16(29)11-26(9-12-3-5-13(6-4-12)17(19,20)21)15(28)10-27-8-7-14(25-27)18(22,23)24/h3-8H,2,9-11H2,1H3. The van der Waals surface area contributed by atoms with Crippen LogP contribution in [0.3, 0.4) is 0 Å². The Morgan fingerprint density at radius 3 is 2.17 bits per heavy atom. The van der Waals surface area contributed by atoms with Gasteiger partial charge in [-0.1, -0.05) is 12.1 Å². The molecule has 2 aromatic rings. The van der Waals surface area contributed by atoms with Gasteiger partial charge in [0.15, 0.2) is 5.69 Å². The maximum Gasteiger partial charge on any atom is 0.435 e. The molecule has 12 heteroatoms. The zero-order chi connectivity index (χ0) is 22.5. The number of nitrogens with zero attached hydrogens (tertiary/aromatic N) is 3. The van der Waals surface area contributed by atoms with Crippen molar-refractivity contribution in [3.8, 4) is 0 Å². The fraction of sp³-hybridized carbons (Fsp3) is 0.389. The van der Waals surface area contributed by atoms with E-state index in [1.165, 1.54) is 0 Å². The zero-order valence-electron chi connectivity index (χ0n) is 15.6. The lowest BCUT2D eigenvalue weighted by Gasteiger charge is -2.22. The summed E-state index contributed by atoms with van der Waals surface area (Å²) in [6.45, 7) is 0.206. The average Bonchev–Trinajstić information content (AvgIpc) is 3.10. The van der Waals surface area contributed by atoms with Crippen molar-refractivity contribution in [3.05, 3.63) is 53.3 Å². The summed E-state index contributed by atoms with van der Waals surface area (Å²) in [6.07, 6.45) is -8.25. The Morgan fingerprint density at radius 2 is 1.67 bits per heavy atom. The number of aromatic nitrogens is 2. The first-order valence-electron chi connectivity index (χ1n) is 8.60. The van der Waals surface area contributed by atoms with E-state index in [-0.39, 0.29) is 18.7 Å². The Kier molecular flexibility index (Phi) is 7.11. The number of hydrogen-bond donors (Lipinski definition) is 0. The molecule has 1 aromatic heterocycles. The average molecular weight is 437 g/mol. The molecule has 0 unspecified atom stereocenters. The van der Waals surface area contributed by atoms with E-state index in [9.17, 15) is 35.9 Å². The zero-order valence-corrected chi connectivity index (χ0v) is 15.6. The van der Waals surface area contributed by atoms with Gasteiger partial charge in [0.1, 0.15) is 13.1 Å². The van der Waals surface area contributed by atoms with Crippen molar-refractivity contribution in [2.75, 3.05) is 13.2 Å². The molecule has 30 heavy (non-hydrogen) atoms. The molecular weight excluding hydrogens is 420 g/mol. The van der Waals surface area contributed by atoms with E-state index in [0.29, 0.717) is 6.07 Å². The quantitative estimate of drug-likeness (QED) is 0.491. The number of amides is 1. The fourth-order valence-corrected chi connectivity index (χ4v) is 2.45. The summed E-state index contributed by atoms with van der Waals surface area (Å²) in [6, 6.07) is 4.63. The highest BCUT2D eigenvalue weighted by atomic mass is 19.4. The first-order valence-corrected chi connectivity index (χ1v) is 8.60. The number of hydrogen-bond acceptors (Lipinski definition) is 4. The summed E-state index contributed by atoms with van der Waals surface area (Å²) in [4.78, 5) is 25.3. The predicted molar refractivity (Wildman–Crippen MR) is 90.7 cm³/mol. The Labute approximate surface area is 167 Å². The Balaban J connectivity index is 2.16. The third kappa shape index (κ3) is 6.49. The lowest BCUT2D eigenvalue weighted by atomic mass is 10.1. The fourth-order valence-electron chi connectivity index (χ4n) is 2.45. The molecule has 0 aliphatic heterocycles. The summed E-state index contributed by atoms with van der Waals surface area (Å²) in [5, 5.41) is 3.27. The van der Waals surface area contributed by atoms with Gasteiger partial charge in [-0.2, -0.15) is 31.4 Å². The maximum absolute atomic E-state index is 12.7. The normalized spacial score (nSPS) is 12.0. The number of esters is 1. The van der Waals surface area contributed by atoms with Crippen LogP contribution in [-0.2, 0) is 39.8 Å². The van der Waals surface area contributed by atoms with Crippen LogP contribution in [0.4, 0.5) is 26.3 Å². The summed E-state index contributed by atoms with van der Waals surface area (Å²) >= 11 is 0. The van der Waals surface area contributed by atoms with Crippen LogP contribution in [0.5, 0.6) is 0 Å². The monoisotopic (exact) mass is 437 g/mol. The minimum Gasteiger partial charge on any atom is -0.465 e. The van der Waals surface area contributed by atoms with Gasteiger partial charge in [-0.25, -0.2) is 0 Å². The first-order chi connectivity index (χ1) is 13.9. The van der Waals surface area contributed by atoms with Crippen molar-refractivity contribution in [1.29, 1.82) is 0 Å². The molecule has 0 atom stereocenters. The maximum atomic E-state index is 12.7. The highest BCUT2D eigenvalue weighted by molar-refractivity contribution is 5.82. The Bertz CT molecular complexity index is 875. The molecule has 1 heterocycles. The molecule has 0 spiro atoms. The van der Waals surface area contributed by atoms with Gasteiger partial charge < -0.3 is 9.64 Å². The highest BCUT2D eigenvalue weighted by Gasteiger charge is 2.34. The van der Waals surface area contributed by atoms with Crippen molar-refractivity contribution < 1.29 is 40.7 Å². The topological polar surface area (TPSA) is 64.4 Å². The number of benzene rings is 1. The van der Waals surface area contributed by atoms with E-state index in [0.717, 1.165) is 40.0 Å². The van der Waals surface area contributed by atoms with Crippen LogP contribution in [0.1, 0.15) is 23.7 Å². The molecule has 6 nitrogen and oxygen atoms in total. The van der Waals surface area contributed by atoms with Gasteiger partial charge in [0.2, 0.25) is 5.91 Å². The van der Waals surface area contributed by atoms with Gasteiger partial charge in [0.05, 0.1) is 12.2 Å². The minimum absolute atomic E-state index is 0.0369. The molecule has 0 aliphatic rings. The molecule has 0 saturated heterocycles. The Morgan fingerprint density at radius 1 is 1.03 bits per heavy atom. The van der Waals surface area contributed by atoms with Crippen molar-refractivity contribution in [2.24, 2.45) is 0 Å². The van der Waals surface area contributed by atoms with Crippen molar-refractivity contribution in [2.45, 2.75) is 32.4 Å². The summed E-state index contributed by atoms with van der Waals surface area (Å²) < 4.78 is 81.5. The molecule has 0 radical (unpaired) electrons. The van der Waals surface area contributed by atoms with Crippen molar-refractivity contribution in [3.63, 3.8) is 0 Å². The van der Waals surface area contributed by atoms with E-state index in [4.69, 9.17) is 4.74 Å². The van der Waals surface area contributed by atoms with E-state index in [1.807, 2.05) is 0 Å². The Hall–Kier alpha value is -3.05. The minimum atomic E-state index is -4.68. The number of rotatable bonds is 7. The molecule has 0 aliphatic carbocycles. The lowest BCUT2D eigenvalue weighted by molar-refractivity contribution is -0.149. The van der Waals surface area contributed by atoms with Crippen LogP contribution in [0.15, 0.2) is 36.5 Å². The summed E-state index contributed by atoms with van der Waals surface area (Å²) in [5.41, 5.74) is -1.78. The van der Waals surface area contributed by atoms with Gasteiger partial charge in [0, 0.05) is 12.7 Å². The van der Waals surface area contributed by atoms with Gasteiger partial charge in [0.25, 0.3) is 0 Å². The molecule has 1 amide bonds. The van der Waals surface area contributed by atoms with E-state index < -0.39 is 48.6 Å². The van der Waals surface area contributed by atoms with Gasteiger partial charge in [-0.15, -0.1) is 0 Å². The molecule has 164 valence electrons. The SMILES string of the molecule is CCOC(=O)CN(Cc1ccc(C(F)(F)F)cc1)C(=O)Cn1ccc(C(F)(F)F)n1. The molecule has 0 N–H and O–H groups in total. The molecule has 1 aromatic carbocycles. The van der Waals surface area contributed by atoms with Gasteiger partial charge >= 0.3 is 18.3 Å². The second kappa shape index (κ2) is 9.18. The molecule has 0 saturated carbocycles. The molecular formula is C18H17F6N3O3. The van der Waals surface area contributed by atoms with Crippen LogP contribution in [0.2, 0.25) is 0 Å². The van der Waals surface area contributed by atoms with Crippen molar-refractivity contribution >= 4 is 11.9 Å². The predicted octanol–water partition coefficient (Wildman–Crippen LogP) is 3.51. The number of carbonyl (C=O) groups is 2. The van der Waals surface area contributed by atoms with Crippen LogP contribution in [0, 0.1) is 0 Å². The van der Waals surface area contributed by atoms with E-state index >= 15 is 0 Å². The third-order valence-corrected chi connectivity index (χ3v) is 3.86. The van der Waals surface area contributed by atoms with E-state index in [2.05, 4.69) is 5.10 Å². The molecule has 0 fully saturated rings. The van der Waals surface area contributed by atoms with Crippen molar-refractivity contribution in [1.82, 2.24) is 14.7 Å². The third-order valence-electron chi connectivity index (χ3n) is 3.86. The van der Waals surface area contributed by atoms with E-state index in [1.54, 1.807) is 6.92 Å². The molecule has 2 rings (SSSR count).